The van der Waals surface area contributed by atoms with Crippen molar-refractivity contribution in [3.8, 4) is 11.8 Å². The van der Waals surface area contributed by atoms with Crippen molar-refractivity contribution in [1.29, 1.82) is 0 Å². The van der Waals surface area contributed by atoms with E-state index in [2.05, 4.69) is 17.2 Å². The van der Waals surface area contributed by atoms with Crippen molar-refractivity contribution in [1.82, 2.24) is 5.32 Å². The smallest absolute Gasteiger partial charge is 0.261 e. The summed E-state index contributed by atoms with van der Waals surface area (Å²) >= 11 is 1.38. The van der Waals surface area contributed by atoms with Gasteiger partial charge < -0.3 is 15.8 Å². The summed E-state index contributed by atoms with van der Waals surface area (Å²) in [6.07, 6.45) is 2.28. The van der Waals surface area contributed by atoms with Gasteiger partial charge in [0.25, 0.3) is 5.91 Å². The molecule has 1 aliphatic heterocycles. The van der Waals surface area contributed by atoms with Crippen LogP contribution in [0.1, 0.15) is 27.4 Å². The standard InChI is InChI=1S/C13H16N2O2S/c14-7-1-4-11-5-6-12(18-11)13(16)15-9-10-3-2-8-17-10/h5-6,10H,2-3,7-9,14H2,(H,15,16). The van der Waals surface area contributed by atoms with Crippen LogP contribution in [0.4, 0.5) is 0 Å². The van der Waals surface area contributed by atoms with E-state index < -0.39 is 0 Å². The van der Waals surface area contributed by atoms with Crippen LogP contribution in [0, 0.1) is 11.8 Å². The Morgan fingerprint density at radius 2 is 2.50 bits per heavy atom. The molecule has 1 aromatic rings. The Labute approximate surface area is 111 Å². The number of carbonyl (C=O) groups is 1. The Hall–Kier alpha value is -1.35. The molecular formula is C13H16N2O2S. The predicted molar refractivity (Wildman–Crippen MR) is 71.6 cm³/mol. The number of nitrogens with two attached hydrogens (primary N) is 1. The molecule has 0 aliphatic carbocycles. The molecule has 0 aromatic carbocycles. The summed E-state index contributed by atoms with van der Waals surface area (Å²) in [5, 5.41) is 2.88. The van der Waals surface area contributed by atoms with Crippen molar-refractivity contribution in [3.63, 3.8) is 0 Å². The van der Waals surface area contributed by atoms with Crippen molar-refractivity contribution in [2.45, 2.75) is 18.9 Å². The summed E-state index contributed by atoms with van der Waals surface area (Å²) < 4.78 is 5.45. The third-order valence-electron chi connectivity index (χ3n) is 2.66. The van der Waals surface area contributed by atoms with E-state index in [9.17, 15) is 4.79 Å². The fraction of sp³-hybridized carbons (Fsp3) is 0.462. The third kappa shape index (κ3) is 3.57. The third-order valence-corrected chi connectivity index (χ3v) is 3.66. The second kappa shape index (κ2) is 6.55. The van der Waals surface area contributed by atoms with Crippen LogP contribution < -0.4 is 11.1 Å². The van der Waals surface area contributed by atoms with Crippen molar-refractivity contribution in [3.05, 3.63) is 21.9 Å². The van der Waals surface area contributed by atoms with Gasteiger partial charge in [-0.15, -0.1) is 11.3 Å². The topological polar surface area (TPSA) is 64.4 Å². The Kier molecular flexibility index (Phi) is 4.76. The van der Waals surface area contributed by atoms with Crippen LogP contribution in [0.2, 0.25) is 0 Å². The second-order valence-corrected chi connectivity index (χ2v) is 5.10. The minimum absolute atomic E-state index is 0.0590. The molecule has 96 valence electrons. The lowest BCUT2D eigenvalue weighted by Gasteiger charge is -2.09. The Bertz CT molecular complexity index is 467. The quantitative estimate of drug-likeness (QED) is 0.800. The highest BCUT2D eigenvalue weighted by Crippen LogP contribution is 2.16. The van der Waals surface area contributed by atoms with Gasteiger partial charge in [-0.1, -0.05) is 11.8 Å². The molecule has 18 heavy (non-hydrogen) atoms. The molecule has 2 rings (SSSR count). The highest BCUT2D eigenvalue weighted by molar-refractivity contribution is 7.14. The number of ether oxygens (including phenoxy) is 1. The molecule has 0 bridgehead atoms. The van der Waals surface area contributed by atoms with Gasteiger partial charge in [0.1, 0.15) is 0 Å². The SMILES string of the molecule is NCC#Cc1ccc(C(=O)NCC2CCCO2)s1. The molecule has 1 aliphatic rings. The molecule has 1 aromatic heterocycles. The first-order valence-electron chi connectivity index (χ1n) is 5.98. The van der Waals surface area contributed by atoms with Crippen LogP contribution in [0.3, 0.4) is 0 Å². The monoisotopic (exact) mass is 264 g/mol. The van der Waals surface area contributed by atoms with Crippen LogP contribution in [0.15, 0.2) is 12.1 Å². The van der Waals surface area contributed by atoms with Gasteiger partial charge in [0.2, 0.25) is 0 Å². The summed E-state index contributed by atoms with van der Waals surface area (Å²) in [6.45, 7) is 1.72. The summed E-state index contributed by atoms with van der Waals surface area (Å²) in [6, 6.07) is 3.63. The van der Waals surface area contributed by atoms with Crippen LogP contribution in [-0.4, -0.2) is 31.7 Å². The molecule has 0 saturated carbocycles. The number of nitrogens with one attached hydrogen (secondary N) is 1. The first kappa shape index (κ1) is 13.1. The molecule has 3 N–H and O–H groups in total. The Morgan fingerprint density at radius 1 is 1.61 bits per heavy atom. The average Bonchev–Trinajstić information content (AvgIpc) is 3.04. The van der Waals surface area contributed by atoms with Gasteiger partial charge in [-0.2, -0.15) is 0 Å². The minimum Gasteiger partial charge on any atom is -0.376 e. The van der Waals surface area contributed by atoms with Crippen molar-refractivity contribution in [2.75, 3.05) is 19.7 Å². The van der Waals surface area contributed by atoms with E-state index in [0.29, 0.717) is 18.0 Å². The average molecular weight is 264 g/mol. The Balaban J connectivity index is 1.86. The highest BCUT2D eigenvalue weighted by Gasteiger charge is 2.17. The lowest BCUT2D eigenvalue weighted by atomic mass is 10.2. The molecule has 0 spiro atoms. The maximum Gasteiger partial charge on any atom is 0.261 e. The normalized spacial score (nSPS) is 18.2. The van der Waals surface area contributed by atoms with E-state index in [0.717, 1.165) is 24.3 Å². The van der Waals surface area contributed by atoms with Gasteiger partial charge in [0, 0.05) is 13.2 Å². The zero-order valence-electron chi connectivity index (χ0n) is 10.1. The zero-order chi connectivity index (χ0) is 12.8. The molecule has 1 unspecified atom stereocenters. The van der Waals surface area contributed by atoms with E-state index in [1.165, 1.54) is 11.3 Å². The number of hydrogen-bond acceptors (Lipinski definition) is 4. The molecule has 1 saturated heterocycles. The lowest BCUT2D eigenvalue weighted by Crippen LogP contribution is -2.31. The van der Waals surface area contributed by atoms with E-state index in [4.69, 9.17) is 10.5 Å². The van der Waals surface area contributed by atoms with E-state index in [1.54, 1.807) is 6.07 Å². The van der Waals surface area contributed by atoms with Crippen molar-refractivity contribution >= 4 is 17.2 Å². The Morgan fingerprint density at radius 3 is 3.22 bits per heavy atom. The second-order valence-electron chi connectivity index (χ2n) is 4.01. The molecule has 1 atom stereocenters. The van der Waals surface area contributed by atoms with Crippen LogP contribution >= 0.6 is 11.3 Å². The van der Waals surface area contributed by atoms with Crippen molar-refractivity contribution in [2.24, 2.45) is 5.73 Å². The molecule has 4 nitrogen and oxygen atoms in total. The summed E-state index contributed by atoms with van der Waals surface area (Å²) in [5.74, 6) is 5.63. The molecule has 0 radical (unpaired) electrons. The van der Waals surface area contributed by atoms with E-state index in [-0.39, 0.29) is 12.0 Å². The van der Waals surface area contributed by atoms with Gasteiger partial charge in [-0.25, -0.2) is 0 Å². The number of hydrogen-bond donors (Lipinski definition) is 2. The number of amides is 1. The van der Waals surface area contributed by atoms with Crippen LogP contribution in [0.25, 0.3) is 0 Å². The van der Waals surface area contributed by atoms with Crippen LogP contribution in [-0.2, 0) is 4.74 Å². The first-order chi connectivity index (χ1) is 8.79. The van der Waals surface area contributed by atoms with E-state index in [1.807, 2.05) is 6.07 Å². The summed E-state index contributed by atoms with van der Waals surface area (Å²) in [5.41, 5.74) is 5.30. The molecule has 1 fully saturated rings. The van der Waals surface area contributed by atoms with Gasteiger partial charge in [-0.3, -0.25) is 4.79 Å². The number of thiophene rings is 1. The largest absolute Gasteiger partial charge is 0.376 e. The van der Waals surface area contributed by atoms with Crippen molar-refractivity contribution < 1.29 is 9.53 Å². The first-order valence-corrected chi connectivity index (χ1v) is 6.80. The van der Waals surface area contributed by atoms with Gasteiger partial charge in [-0.05, 0) is 25.0 Å². The minimum atomic E-state index is -0.0590. The summed E-state index contributed by atoms with van der Waals surface area (Å²) in [4.78, 5) is 13.4. The molecule has 5 heteroatoms. The molecule has 1 amide bonds. The van der Waals surface area contributed by atoms with Gasteiger partial charge >= 0.3 is 0 Å². The zero-order valence-corrected chi connectivity index (χ0v) is 10.9. The maximum absolute atomic E-state index is 11.9. The molecule has 2 heterocycles. The lowest BCUT2D eigenvalue weighted by molar-refractivity contribution is 0.0861. The fourth-order valence-corrected chi connectivity index (χ4v) is 2.56. The van der Waals surface area contributed by atoms with Gasteiger partial charge in [0.05, 0.1) is 22.4 Å². The van der Waals surface area contributed by atoms with E-state index >= 15 is 0 Å². The fourth-order valence-electron chi connectivity index (χ4n) is 1.76. The molecular weight excluding hydrogens is 248 g/mol. The van der Waals surface area contributed by atoms with Gasteiger partial charge in [0.15, 0.2) is 0 Å². The predicted octanol–water partition coefficient (Wildman–Crippen LogP) is 0.967. The summed E-state index contributed by atoms with van der Waals surface area (Å²) in [7, 11) is 0. The highest BCUT2D eigenvalue weighted by atomic mass is 32.1. The number of rotatable bonds is 3. The van der Waals surface area contributed by atoms with Crippen LogP contribution in [0.5, 0.6) is 0 Å². The number of carbonyl (C=O) groups excluding carboxylic acids is 1. The maximum atomic E-state index is 11.9.